The summed E-state index contributed by atoms with van der Waals surface area (Å²) < 4.78 is 27.3. The number of aromatic nitrogens is 2. The molecule has 0 spiro atoms. The van der Waals surface area contributed by atoms with E-state index >= 15 is 0 Å². The van der Waals surface area contributed by atoms with Crippen LogP contribution in [0.5, 0.6) is 0 Å². The number of carbonyl (C=O) groups is 1. The van der Waals surface area contributed by atoms with Crippen LogP contribution in [-0.4, -0.2) is 29.7 Å². The van der Waals surface area contributed by atoms with Crippen molar-refractivity contribution >= 4 is 16.0 Å². The third kappa shape index (κ3) is 3.11. The molecule has 1 unspecified atom stereocenters. The van der Waals surface area contributed by atoms with E-state index in [0.717, 1.165) is 0 Å². The largest absolute Gasteiger partial charge is 0.478 e. The molecule has 0 saturated heterocycles. The Hall–Kier alpha value is -2.19. The zero-order chi connectivity index (χ0) is 15.6. The molecule has 21 heavy (non-hydrogen) atoms. The smallest absolute Gasteiger partial charge is 0.335 e. The van der Waals surface area contributed by atoms with Crippen molar-refractivity contribution in [3.05, 3.63) is 47.3 Å². The summed E-state index contributed by atoms with van der Waals surface area (Å²) in [7, 11) is -3.83. The Morgan fingerprint density at radius 3 is 2.71 bits per heavy atom. The van der Waals surface area contributed by atoms with E-state index < -0.39 is 22.0 Å². The third-order valence-electron chi connectivity index (χ3n) is 3.16. The monoisotopic (exact) mass is 309 g/mol. The molecule has 0 aliphatic carbocycles. The fraction of sp³-hybridized carbons (Fsp3) is 0.231. The standard InChI is InChI=1S/C13H15N3O4S/c1-8-11(13(17)18)4-3-5-12(8)21(19,20)16-9(2)10-6-14-15-7-10/h3-7,9,16H,1-2H3,(H,14,15)(H,17,18). The van der Waals surface area contributed by atoms with Crippen LogP contribution in [0, 0.1) is 6.92 Å². The first kappa shape index (κ1) is 15.2. The quantitative estimate of drug-likeness (QED) is 0.774. The second-order valence-electron chi connectivity index (χ2n) is 4.61. The maximum absolute atomic E-state index is 12.4. The summed E-state index contributed by atoms with van der Waals surface area (Å²) in [5, 5.41) is 15.4. The molecule has 0 aliphatic rings. The van der Waals surface area contributed by atoms with Gasteiger partial charge in [-0.05, 0) is 31.5 Å². The highest BCUT2D eigenvalue weighted by molar-refractivity contribution is 7.89. The zero-order valence-electron chi connectivity index (χ0n) is 11.5. The Labute approximate surface area is 122 Å². The zero-order valence-corrected chi connectivity index (χ0v) is 12.3. The van der Waals surface area contributed by atoms with Gasteiger partial charge in [0, 0.05) is 17.8 Å². The van der Waals surface area contributed by atoms with Gasteiger partial charge in [0.1, 0.15) is 0 Å². The molecule has 7 nitrogen and oxygen atoms in total. The summed E-state index contributed by atoms with van der Waals surface area (Å²) in [5.41, 5.74) is 0.858. The summed E-state index contributed by atoms with van der Waals surface area (Å²) in [5.74, 6) is -1.16. The molecule has 1 atom stereocenters. The topological polar surface area (TPSA) is 112 Å². The van der Waals surface area contributed by atoms with Gasteiger partial charge in [-0.2, -0.15) is 5.10 Å². The molecule has 8 heteroatoms. The number of aromatic carboxylic acids is 1. The highest BCUT2D eigenvalue weighted by Crippen LogP contribution is 2.21. The van der Waals surface area contributed by atoms with Crippen LogP contribution < -0.4 is 4.72 Å². The molecule has 1 heterocycles. The van der Waals surface area contributed by atoms with Gasteiger partial charge in [0.05, 0.1) is 16.7 Å². The van der Waals surface area contributed by atoms with Crippen molar-refractivity contribution in [2.75, 3.05) is 0 Å². The minimum Gasteiger partial charge on any atom is -0.478 e. The van der Waals surface area contributed by atoms with E-state index in [4.69, 9.17) is 5.11 Å². The highest BCUT2D eigenvalue weighted by Gasteiger charge is 2.23. The number of benzene rings is 1. The van der Waals surface area contributed by atoms with Crippen LogP contribution in [0.4, 0.5) is 0 Å². The number of H-pyrrole nitrogens is 1. The Bertz CT molecular complexity index is 754. The number of aromatic amines is 1. The van der Waals surface area contributed by atoms with E-state index in [1.807, 2.05) is 0 Å². The normalized spacial score (nSPS) is 13.0. The summed E-state index contributed by atoms with van der Waals surface area (Å²) in [6.07, 6.45) is 3.11. The van der Waals surface area contributed by atoms with Gasteiger partial charge in [-0.25, -0.2) is 17.9 Å². The molecule has 2 rings (SSSR count). The van der Waals surface area contributed by atoms with Crippen LogP contribution in [0.15, 0.2) is 35.5 Å². The van der Waals surface area contributed by atoms with Crippen LogP contribution in [0.2, 0.25) is 0 Å². The molecule has 0 aliphatic heterocycles. The predicted molar refractivity (Wildman–Crippen MR) is 75.5 cm³/mol. The minimum absolute atomic E-state index is 0.0335. The van der Waals surface area contributed by atoms with Gasteiger partial charge >= 0.3 is 5.97 Å². The van der Waals surface area contributed by atoms with Crippen LogP contribution in [0.25, 0.3) is 0 Å². The Morgan fingerprint density at radius 1 is 1.43 bits per heavy atom. The first-order valence-corrected chi connectivity index (χ1v) is 7.65. The van der Waals surface area contributed by atoms with E-state index in [1.165, 1.54) is 31.3 Å². The van der Waals surface area contributed by atoms with Gasteiger partial charge in [0.25, 0.3) is 0 Å². The number of rotatable bonds is 5. The Kier molecular flexibility index (Phi) is 4.10. The lowest BCUT2D eigenvalue weighted by Gasteiger charge is -2.15. The molecule has 0 bridgehead atoms. The van der Waals surface area contributed by atoms with Crippen molar-refractivity contribution in [1.29, 1.82) is 0 Å². The first-order chi connectivity index (χ1) is 9.83. The molecular weight excluding hydrogens is 294 g/mol. The van der Waals surface area contributed by atoms with Crippen molar-refractivity contribution in [1.82, 2.24) is 14.9 Å². The second kappa shape index (κ2) is 5.66. The molecule has 1 aromatic carbocycles. The van der Waals surface area contributed by atoms with E-state index in [2.05, 4.69) is 14.9 Å². The molecule has 0 saturated carbocycles. The fourth-order valence-corrected chi connectivity index (χ4v) is 3.50. The van der Waals surface area contributed by atoms with Gasteiger partial charge in [0.2, 0.25) is 10.0 Å². The maximum Gasteiger partial charge on any atom is 0.335 e. The predicted octanol–water partition coefficient (Wildman–Crippen LogP) is 1.46. The lowest BCUT2D eigenvalue weighted by atomic mass is 10.1. The first-order valence-electron chi connectivity index (χ1n) is 6.17. The number of nitrogens with zero attached hydrogens (tertiary/aromatic N) is 1. The molecule has 112 valence electrons. The van der Waals surface area contributed by atoms with Crippen LogP contribution >= 0.6 is 0 Å². The summed E-state index contributed by atoms with van der Waals surface area (Å²) in [6, 6.07) is 3.68. The number of nitrogens with one attached hydrogen (secondary N) is 2. The van der Waals surface area contributed by atoms with E-state index in [9.17, 15) is 13.2 Å². The fourth-order valence-electron chi connectivity index (χ4n) is 2.00. The third-order valence-corrected chi connectivity index (χ3v) is 4.84. The molecule has 3 N–H and O–H groups in total. The van der Waals surface area contributed by atoms with E-state index in [0.29, 0.717) is 5.56 Å². The van der Waals surface area contributed by atoms with Gasteiger partial charge in [0.15, 0.2) is 0 Å². The van der Waals surface area contributed by atoms with Crippen molar-refractivity contribution in [2.24, 2.45) is 0 Å². The summed E-state index contributed by atoms with van der Waals surface area (Å²) in [6.45, 7) is 3.15. The lowest BCUT2D eigenvalue weighted by molar-refractivity contribution is 0.0696. The number of hydrogen-bond acceptors (Lipinski definition) is 4. The highest BCUT2D eigenvalue weighted by atomic mass is 32.2. The molecule has 0 fully saturated rings. The average Bonchev–Trinajstić information content (AvgIpc) is 2.91. The average molecular weight is 309 g/mol. The molecule has 1 aromatic heterocycles. The van der Waals surface area contributed by atoms with Crippen molar-refractivity contribution in [3.8, 4) is 0 Å². The Morgan fingerprint density at radius 2 is 2.14 bits per heavy atom. The summed E-state index contributed by atoms with van der Waals surface area (Å²) in [4.78, 5) is 11.0. The SMILES string of the molecule is Cc1c(C(=O)O)cccc1S(=O)(=O)NC(C)c1cn[nH]c1. The van der Waals surface area contributed by atoms with Crippen molar-refractivity contribution < 1.29 is 18.3 Å². The maximum atomic E-state index is 12.4. The molecular formula is C13H15N3O4S. The van der Waals surface area contributed by atoms with E-state index in [-0.39, 0.29) is 16.0 Å². The second-order valence-corrected chi connectivity index (χ2v) is 6.29. The van der Waals surface area contributed by atoms with Crippen LogP contribution in [0.1, 0.15) is 34.5 Å². The number of carboxylic acids is 1. The van der Waals surface area contributed by atoms with Crippen molar-refractivity contribution in [3.63, 3.8) is 0 Å². The number of hydrogen-bond donors (Lipinski definition) is 3. The van der Waals surface area contributed by atoms with Crippen LogP contribution in [0.3, 0.4) is 0 Å². The Balaban J connectivity index is 2.36. The molecule has 0 amide bonds. The van der Waals surface area contributed by atoms with Gasteiger partial charge < -0.3 is 5.11 Å². The van der Waals surface area contributed by atoms with E-state index in [1.54, 1.807) is 13.1 Å². The van der Waals surface area contributed by atoms with Crippen molar-refractivity contribution in [2.45, 2.75) is 24.8 Å². The van der Waals surface area contributed by atoms with Gasteiger partial charge in [-0.3, -0.25) is 5.10 Å². The minimum atomic E-state index is -3.83. The number of sulfonamides is 1. The molecule has 2 aromatic rings. The van der Waals surface area contributed by atoms with Crippen LogP contribution in [-0.2, 0) is 10.0 Å². The van der Waals surface area contributed by atoms with Gasteiger partial charge in [-0.15, -0.1) is 0 Å². The van der Waals surface area contributed by atoms with Gasteiger partial charge in [-0.1, -0.05) is 6.07 Å². The molecule has 0 radical (unpaired) electrons. The lowest BCUT2D eigenvalue weighted by Crippen LogP contribution is -2.27. The number of carboxylic acid groups (broad SMARTS) is 1. The summed E-state index contributed by atoms with van der Waals surface area (Å²) >= 11 is 0.